The van der Waals surface area contributed by atoms with Crippen LogP contribution in [0.25, 0.3) is 77.2 Å². The number of rotatable bonds is 3. The standard InChI is InChI=1S/C62H41NO/c1-61(2)51-24-11-7-21-45(51)48-33-31-40(36-54(48)61)63(57-27-15-29-59-60(57)49-23-10-14-28-58(49)64-59)41-30-32-47-43-19-6-5-18-42(43)44-20-8-12-25-52(44)62(56(47)37-41)53-26-13-9-22-46(53)50-34-38-16-3-4-17-39(38)35-55(50)62/h3-37H,1-2H3. The predicted octanol–water partition coefficient (Wildman–Crippen LogP) is 16.5. The number of hydrogen-bond acceptors (Lipinski definition) is 2. The van der Waals surface area contributed by atoms with Crippen molar-refractivity contribution < 1.29 is 4.42 Å². The summed E-state index contributed by atoms with van der Waals surface area (Å²) in [5, 5.41) is 4.70. The molecule has 2 heteroatoms. The van der Waals surface area contributed by atoms with E-state index in [4.69, 9.17) is 4.42 Å². The van der Waals surface area contributed by atoms with Crippen molar-refractivity contribution in [2.45, 2.75) is 24.7 Å². The normalized spacial score (nSPS) is 15.8. The molecule has 64 heavy (non-hydrogen) atoms. The van der Waals surface area contributed by atoms with Gasteiger partial charge in [0.2, 0.25) is 0 Å². The van der Waals surface area contributed by atoms with Crippen LogP contribution in [0.5, 0.6) is 0 Å². The van der Waals surface area contributed by atoms with Gasteiger partial charge in [0.15, 0.2) is 0 Å². The zero-order chi connectivity index (χ0) is 42.3. The highest BCUT2D eigenvalue weighted by Gasteiger charge is 2.50. The van der Waals surface area contributed by atoms with Gasteiger partial charge in [0.1, 0.15) is 11.2 Å². The average molecular weight is 816 g/mol. The molecule has 3 aliphatic carbocycles. The molecule has 0 fully saturated rings. The lowest BCUT2D eigenvalue weighted by Crippen LogP contribution is -2.29. The van der Waals surface area contributed by atoms with Crippen LogP contribution in [0.1, 0.15) is 47.2 Å². The van der Waals surface area contributed by atoms with E-state index in [2.05, 4.69) is 231 Å². The van der Waals surface area contributed by atoms with Gasteiger partial charge in [-0.2, -0.15) is 0 Å². The summed E-state index contributed by atoms with van der Waals surface area (Å²) in [6.07, 6.45) is 0. The second-order valence-electron chi connectivity index (χ2n) is 18.3. The SMILES string of the molecule is CC1(C)c2ccccc2-c2ccc(N(c3ccc4c(c3)C3(c5ccccc5-c5ccccc5-4)c4ccccc4-c4cc5ccccc5cc43)c3cccc4oc5ccccc5c34)cc21. The van der Waals surface area contributed by atoms with E-state index >= 15 is 0 Å². The van der Waals surface area contributed by atoms with E-state index in [1.165, 1.54) is 88.7 Å². The molecule has 1 atom stereocenters. The maximum atomic E-state index is 6.61. The van der Waals surface area contributed by atoms with Gasteiger partial charge < -0.3 is 9.32 Å². The Labute approximate surface area is 372 Å². The van der Waals surface area contributed by atoms with E-state index in [-0.39, 0.29) is 5.41 Å². The zero-order valence-corrected chi connectivity index (χ0v) is 35.6. The molecular weight excluding hydrogens is 775 g/mol. The first-order valence-corrected chi connectivity index (χ1v) is 22.4. The van der Waals surface area contributed by atoms with Crippen LogP contribution < -0.4 is 4.90 Å². The second-order valence-corrected chi connectivity index (χ2v) is 18.3. The van der Waals surface area contributed by atoms with Crippen molar-refractivity contribution in [3.8, 4) is 44.5 Å². The molecule has 1 unspecified atom stereocenters. The van der Waals surface area contributed by atoms with Crippen molar-refractivity contribution in [3.63, 3.8) is 0 Å². The van der Waals surface area contributed by atoms with Gasteiger partial charge in [0.25, 0.3) is 0 Å². The molecule has 10 aromatic carbocycles. The van der Waals surface area contributed by atoms with Crippen LogP contribution in [0.2, 0.25) is 0 Å². The van der Waals surface area contributed by atoms with Crippen LogP contribution in [0.4, 0.5) is 17.1 Å². The summed E-state index contributed by atoms with van der Waals surface area (Å²) >= 11 is 0. The smallest absolute Gasteiger partial charge is 0.137 e. The molecule has 11 aromatic rings. The van der Waals surface area contributed by atoms with Crippen molar-refractivity contribution in [2.75, 3.05) is 4.90 Å². The molecule has 0 radical (unpaired) electrons. The Hall–Kier alpha value is -7.94. The maximum Gasteiger partial charge on any atom is 0.137 e. The third-order valence-electron chi connectivity index (χ3n) is 14.9. The van der Waals surface area contributed by atoms with Crippen LogP contribution >= 0.6 is 0 Å². The molecule has 2 nitrogen and oxygen atoms in total. The fourth-order valence-electron chi connectivity index (χ4n) is 12.1. The molecule has 0 saturated carbocycles. The highest BCUT2D eigenvalue weighted by Crippen LogP contribution is 2.63. The minimum Gasteiger partial charge on any atom is -0.456 e. The van der Waals surface area contributed by atoms with E-state index in [0.29, 0.717) is 0 Å². The van der Waals surface area contributed by atoms with E-state index in [1.807, 2.05) is 0 Å². The minimum atomic E-state index is -0.640. The van der Waals surface area contributed by atoms with E-state index in [0.717, 1.165) is 39.0 Å². The number of fused-ring (bicyclic) bond motifs is 19. The Morgan fingerprint density at radius 3 is 1.53 bits per heavy atom. The summed E-state index contributed by atoms with van der Waals surface area (Å²) in [6.45, 7) is 4.74. The summed E-state index contributed by atoms with van der Waals surface area (Å²) in [5.41, 5.74) is 22.3. The lowest BCUT2D eigenvalue weighted by atomic mass is 9.65. The van der Waals surface area contributed by atoms with Gasteiger partial charge in [-0.05, 0) is 143 Å². The minimum absolute atomic E-state index is 0.173. The van der Waals surface area contributed by atoms with Crippen molar-refractivity contribution >= 4 is 49.8 Å². The summed E-state index contributed by atoms with van der Waals surface area (Å²) in [4.78, 5) is 2.50. The average Bonchev–Trinajstić information content (AvgIpc) is 3.92. The quantitative estimate of drug-likeness (QED) is 0.177. The van der Waals surface area contributed by atoms with Gasteiger partial charge in [-0.15, -0.1) is 0 Å². The molecule has 14 rings (SSSR count). The molecule has 3 aliphatic rings. The van der Waals surface area contributed by atoms with Gasteiger partial charge in [-0.25, -0.2) is 0 Å². The van der Waals surface area contributed by atoms with Crippen molar-refractivity contribution in [2.24, 2.45) is 0 Å². The molecule has 300 valence electrons. The second kappa shape index (κ2) is 12.8. The summed E-state index contributed by atoms with van der Waals surface area (Å²) in [7, 11) is 0. The largest absolute Gasteiger partial charge is 0.456 e. The number of benzene rings is 10. The fourth-order valence-corrected chi connectivity index (χ4v) is 12.1. The first-order chi connectivity index (χ1) is 31.5. The maximum absolute atomic E-state index is 6.61. The summed E-state index contributed by atoms with van der Waals surface area (Å²) < 4.78 is 6.61. The van der Waals surface area contributed by atoms with Crippen LogP contribution in [-0.4, -0.2) is 0 Å². The van der Waals surface area contributed by atoms with Gasteiger partial charge in [0.05, 0.1) is 16.5 Å². The van der Waals surface area contributed by atoms with Crippen molar-refractivity contribution in [1.82, 2.24) is 0 Å². The molecule has 0 saturated heterocycles. The lowest BCUT2D eigenvalue weighted by Gasteiger charge is -2.37. The van der Waals surface area contributed by atoms with Crippen molar-refractivity contribution in [3.05, 3.63) is 246 Å². The Bertz CT molecular complexity index is 3790. The Morgan fingerprint density at radius 1 is 0.344 bits per heavy atom. The molecule has 0 bridgehead atoms. The number of furan rings is 1. The van der Waals surface area contributed by atoms with E-state index in [1.54, 1.807) is 0 Å². The van der Waals surface area contributed by atoms with E-state index in [9.17, 15) is 0 Å². The van der Waals surface area contributed by atoms with Gasteiger partial charge in [-0.1, -0.05) is 172 Å². The highest BCUT2D eigenvalue weighted by atomic mass is 16.3. The Balaban J connectivity index is 1.12. The zero-order valence-electron chi connectivity index (χ0n) is 35.6. The molecule has 0 aliphatic heterocycles. The lowest BCUT2D eigenvalue weighted by molar-refractivity contribution is 0.660. The van der Waals surface area contributed by atoms with Gasteiger partial charge in [0, 0.05) is 22.2 Å². The van der Waals surface area contributed by atoms with Crippen LogP contribution in [0, 0.1) is 0 Å². The molecule has 1 spiro atoms. The Morgan fingerprint density at radius 2 is 0.828 bits per heavy atom. The van der Waals surface area contributed by atoms with Gasteiger partial charge >= 0.3 is 0 Å². The first kappa shape index (κ1) is 35.6. The number of hydrogen-bond donors (Lipinski definition) is 0. The third-order valence-corrected chi connectivity index (χ3v) is 14.9. The molecular formula is C62H41NO. The molecule has 1 aromatic heterocycles. The molecule has 1 heterocycles. The van der Waals surface area contributed by atoms with Crippen LogP contribution in [0.3, 0.4) is 0 Å². The highest BCUT2D eigenvalue weighted by molar-refractivity contribution is 6.13. The first-order valence-electron chi connectivity index (χ1n) is 22.4. The molecule has 0 amide bonds. The number of para-hydroxylation sites is 1. The summed E-state index contributed by atoms with van der Waals surface area (Å²) in [5.74, 6) is 0. The molecule has 0 N–H and O–H groups in total. The van der Waals surface area contributed by atoms with Gasteiger partial charge in [-0.3, -0.25) is 0 Å². The van der Waals surface area contributed by atoms with Crippen LogP contribution in [-0.2, 0) is 10.8 Å². The van der Waals surface area contributed by atoms with E-state index < -0.39 is 5.41 Å². The number of nitrogens with zero attached hydrogens (tertiary/aromatic N) is 1. The Kier molecular flexibility index (Phi) is 7.13. The van der Waals surface area contributed by atoms with Crippen molar-refractivity contribution in [1.29, 1.82) is 0 Å². The predicted molar refractivity (Wildman–Crippen MR) is 265 cm³/mol. The number of anilines is 3. The summed E-state index contributed by atoms with van der Waals surface area (Å²) in [6, 6.07) is 79.5. The third kappa shape index (κ3) is 4.59. The topological polar surface area (TPSA) is 16.4 Å². The fraction of sp³-hybridized carbons (Fsp3) is 0.0645. The van der Waals surface area contributed by atoms with Crippen LogP contribution in [0.15, 0.2) is 217 Å². The monoisotopic (exact) mass is 815 g/mol.